The fourth-order valence-electron chi connectivity index (χ4n) is 0.368. The molecule has 6 heteroatoms. The zero-order valence-electron chi connectivity index (χ0n) is 4.37. The maximum absolute atomic E-state index is 10.3. The van der Waals surface area contributed by atoms with Gasteiger partial charge in [0.25, 0.3) is 5.91 Å². The molecule has 0 aliphatic rings. The molecule has 0 saturated carbocycles. The van der Waals surface area contributed by atoms with Gasteiger partial charge in [0.2, 0.25) is 0 Å². The van der Waals surface area contributed by atoms with E-state index in [0.29, 0.717) is 0 Å². The van der Waals surface area contributed by atoms with E-state index in [2.05, 4.69) is 9.59 Å². The number of amides is 1. The van der Waals surface area contributed by atoms with Crippen molar-refractivity contribution >= 4 is 22.4 Å². The van der Waals surface area contributed by atoms with Crippen LogP contribution in [0.25, 0.3) is 0 Å². The highest BCUT2D eigenvalue weighted by Gasteiger charge is 2.08. The highest BCUT2D eigenvalue weighted by Crippen LogP contribution is 2.10. The number of carbonyl (C=O) groups excluding carboxylic acids is 1. The van der Waals surface area contributed by atoms with Gasteiger partial charge >= 0.3 is 0 Å². The molecule has 0 bridgehead atoms. The van der Waals surface area contributed by atoms with Crippen LogP contribution in [0, 0.1) is 0 Å². The van der Waals surface area contributed by atoms with Gasteiger partial charge < -0.3 is 11.5 Å². The topological polar surface area (TPSA) is 94.9 Å². The molecule has 5 nitrogen and oxygen atoms in total. The van der Waals surface area contributed by atoms with Crippen LogP contribution in [-0.2, 0) is 0 Å². The van der Waals surface area contributed by atoms with Gasteiger partial charge in [-0.3, -0.25) is 4.79 Å². The van der Waals surface area contributed by atoms with Crippen LogP contribution in [0.15, 0.2) is 0 Å². The van der Waals surface area contributed by atoms with Gasteiger partial charge in [-0.25, -0.2) is 0 Å². The van der Waals surface area contributed by atoms with Gasteiger partial charge in [-0.2, -0.15) is 0 Å². The average molecular weight is 144 g/mol. The van der Waals surface area contributed by atoms with Crippen LogP contribution in [0.2, 0.25) is 0 Å². The largest absolute Gasteiger partial charge is 0.387 e. The number of nitrogens with two attached hydrogens (primary N) is 2. The predicted octanol–water partition coefficient (Wildman–Crippen LogP) is -0.781. The van der Waals surface area contributed by atoms with E-state index >= 15 is 0 Å². The zero-order valence-corrected chi connectivity index (χ0v) is 5.18. The summed E-state index contributed by atoms with van der Waals surface area (Å²) in [7, 11) is 0. The van der Waals surface area contributed by atoms with Crippen molar-refractivity contribution in [3.63, 3.8) is 0 Å². The Labute approximate surface area is 54.8 Å². The molecule has 9 heavy (non-hydrogen) atoms. The van der Waals surface area contributed by atoms with E-state index in [0.717, 1.165) is 11.5 Å². The molecule has 1 rings (SSSR count). The minimum absolute atomic E-state index is 0.0556. The molecule has 1 aromatic rings. The number of aromatic nitrogens is 2. The summed E-state index contributed by atoms with van der Waals surface area (Å²) in [6.07, 6.45) is 0. The van der Waals surface area contributed by atoms with E-state index in [9.17, 15) is 4.79 Å². The number of hydrogen-bond donors (Lipinski definition) is 2. The molecule has 1 heterocycles. The second-order valence-electron chi connectivity index (χ2n) is 1.35. The highest BCUT2D eigenvalue weighted by molar-refractivity contribution is 7.10. The zero-order chi connectivity index (χ0) is 6.85. The molecule has 48 valence electrons. The Morgan fingerprint density at radius 1 is 1.67 bits per heavy atom. The molecule has 0 radical (unpaired) electrons. The normalized spacial score (nSPS) is 9.33. The van der Waals surface area contributed by atoms with E-state index in [1.165, 1.54) is 0 Å². The Balaban J connectivity index is 3.08. The maximum Gasteiger partial charge on any atom is 0.272 e. The molecule has 0 saturated heterocycles. The molecule has 0 aliphatic heterocycles. The average Bonchev–Trinajstić information content (AvgIpc) is 2.13. The van der Waals surface area contributed by atoms with Crippen molar-refractivity contribution in [1.82, 2.24) is 9.59 Å². The number of nitrogens with zero attached hydrogens (tertiary/aromatic N) is 2. The van der Waals surface area contributed by atoms with E-state index in [4.69, 9.17) is 11.5 Å². The number of nitrogen functional groups attached to an aromatic ring is 1. The van der Waals surface area contributed by atoms with Crippen molar-refractivity contribution in [3.8, 4) is 0 Å². The van der Waals surface area contributed by atoms with E-state index < -0.39 is 5.91 Å². The molecule has 0 fully saturated rings. The second kappa shape index (κ2) is 1.98. The van der Waals surface area contributed by atoms with Crippen LogP contribution in [-0.4, -0.2) is 15.5 Å². The first-order valence-corrected chi connectivity index (χ1v) is 2.87. The van der Waals surface area contributed by atoms with Crippen molar-refractivity contribution in [1.29, 1.82) is 0 Å². The van der Waals surface area contributed by atoms with Crippen LogP contribution < -0.4 is 11.5 Å². The molecular formula is C3H4N4OS. The summed E-state index contributed by atoms with van der Waals surface area (Å²) in [5, 5.41) is 3.65. The number of hydrogen-bond acceptors (Lipinski definition) is 5. The van der Waals surface area contributed by atoms with Gasteiger partial charge in [0, 0.05) is 11.5 Å². The van der Waals surface area contributed by atoms with Crippen molar-refractivity contribution in [3.05, 3.63) is 5.69 Å². The third-order valence-electron chi connectivity index (χ3n) is 0.747. The molecular weight excluding hydrogens is 140 g/mol. The summed E-state index contributed by atoms with van der Waals surface area (Å²) in [6.45, 7) is 0. The van der Waals surface area contributed by atoms with Crippen molar-refractivity contribution < 1.29 is 4.79 Å². The molecule has 1 aromatic heterocycles. The van der Waals surface area contributed by atoms with Crippen molar-refractivity contribution in [2.75, 3.05) is 5.73 Å². The molecule has 1 amide bonds. The van der Waals surface area contributed by atoms with Crippen LogP contribution in [0.4, 0.5) is 5.00 Å². The first kappa shape index (κ1) is 5.96. The number of primary amides is 1. The molecule has 0 unspecified atom stereocenters. The van der Waals surface area contributed by atoms with Gasteiger partial charge in [0.1, 0.15) is 5.00 Å². The Bertz CT molecular complexity index is 231. The summed E-state index contributed by atoms with van der Waals surface area (Å²) in [5.41, 5.74) is 10.1. The quantitative estimate of drug-likeness (QED) is 0.540. The lowest BCUT2D eigenvalue weighted by Gasteiger charge is -1.83. The van der Waals surface area contributed by atoms with Gasteiger partial charge in [0.05, 0.1) is 0 Å². The van der Waals surface area contributed by atoms with Gasteiger partial charge in [-0.15, -0.1) is 5.10 Å². The monoisotopic (exact) mass is 144 g/mol. The van der Waals surface area contributed by atoms with Crippen LogP contribution in [0.5, 0.6) is 0 Å². The molecule has 0 atom stereocenters. The third-order valence-corrected chi connectivity index (χ3v) is 1.30. The lowest BCUT2D eigenvalue weighted by molar-refractivity contribution is 0.0996. The summed E-state index contributed by atoms with van der Waals surface area (Å²) in [6, 6.07) is 0. The smallest absolute Gasteiger partial charge is 0.272 e. The standard InChI is InChI=1S/C3H4N4OS/c4-2(8)1-3(5)9-7-6-1/h5H2,(H2,4,8). The fraction of sp³-hybridized carbons (Fsp3) is 0. The first-order chi connectivity index (χ1) is 4.22. The lowest BCUT2D eigenvalue weighted by atomic mass is 10.4. The van der Waals surface area contributed by atoms with Gasteiger partial charge in [-0.1, -0.05) is 4.49 Å². The summed E-state index contributed by atoms with van der Waals surface area (Å²) < 4.78 is 3.41. The Morgan fingerprint density at radius 2 is 2.33 bits per heavy atom. The van der Waals surface area contributed by atoms with E-state index in [1.54, 1.807) is 0 Å². The Morgan fingerprint density at radius 3 is 2.56 bits per heavy atom. The van der Waals surface area contributed by atoms with Gasteiger partial charge in [0.15, 0.2) is 5.69 Å². The first-order valence-electron chi connectivity index (χ1n) is 2.09. The SMILES string of the molecule is NC(=O)c1nnsc1N. The summed E-state index contributed by atoms with van der Waals surface area (Å²) >= 11 is 0.949. The van der Waals surface area contributed by atoms with Crippen LogP contribution in [0.3, 0.4) is 0 Å². The molecule has 0 aromatic carbocycles. The number of rotatable bonds is 1. The van der Waals surface area contributed by atoms with Crippen molar-refractivity contribution in [2.45, 2.75) is 0 Å². The van der Waals surface area contributed by atoms with Crippen molar-refractivity contribution in [2.24, 2.45) is 5.73 Å². The summed E-state index contributed by atoms with van der Waals surface area (Å²) in [4.78, 5) is 10.3. The maximum atomic E-state index is 10.3. The van der Waals surface area contributed by atoms with E-state index in [1.807, 2.05) is 0 Å². The summed E-state index contributed by atoms with van der Waals surface area (Å²) in [5.74, 6) is -0.638. The van der Waals surface area contributed by atoms with Gasteiger partial charge in [-0.05, 0) is 0 Å². The fourth-order valence-corrected chi connectivity index (χ4v) is 0.807. The minimum Gasteiger partial charge on any atom is -0.387 e. The second-order valence-corrected chi connectivity index (χ2v) is 2.14. The minimum atomic E-state index is -0.638. The predicted molar refractivity (Wildman–Crippen MR) is 32.8 cm³/mol. The number of anilines is 1. The Kier molecular flexibility index (Phi) is 1.31. The molecule has 4 N–H and O–H groups in total. The highest BCUT2D eigenvalue weighted by atomic mass is 32.1. The molecule has 0 spiro atoms. The third kappa shape index (κ3) is 0.968. The molecule has 0 aliphatic carbocycles. The van der Waals surface area contributed by atoms with E-state index in [-0.39, 0.29) is 10.7 Å². The van der Waals surface area contributed by atoms with Crippen LogP contribution in [0.1, 0.15) is 10.5 Å². The van der Waals surface area contributed by atoms with Crippen LogP contribution >= 0.6 is 11.5 Å². The number of carbonyl (C=O) groups is 1. The lowest BCUT2D eigenvalue weighted by Crippen LogP contribution is -2.13. The Hall–Kier alpha value is -1.17.